The number of hydrogen-bond acceptors (Lipinski definition) is 4. The van der Waals surface area contributed by atoms with Gasteiger partial charge in [0, 0.05) is 5.56 Å². The number of hydrogen-bond donors (Lipinski definition) is 1. The number of nitrogen functional groups attached to an aromatic ring is 1. The molecule has 2 N–H and O–H groups in total. The van der Waals surface area contributed by atoms with Gasteiger partial charge in [-0.05, 0) is 25.5 Å². The SMILES string of the molecule is COc1c(C)cccc1-c1nc(C)ncc1N. The first-order chi connectivity index (χ1) is 8.13. The Morgan fingerprint density at radius 2 is 2.00 bits per heavy atom. The number of aromatic nitrogens is 2. The number of benzene rings is 1. The molecule has 0 unspecified atom stereocenters. The van der Waals surface area contributed by atoms with Gasteiger partial charge < -0.3 is 10.5 Å². The van der Waals surface area contributed by atoms with Gasteiger partial charge >= 0.3 is 0 Å². The largest absolute Gasteiger partial charge is 0.496 e. The standard InChI is InChI=1S/C13H15N3O/c1-8-5-4-6-10(13(8)17-3)12-11(14)7-15-9(2)16-12/h4-7H,14H2,1-3H3. The molecule has 0 aliphatic heterocycles. The van der Waals surface area contributed by atoms with E-state index in [0.717, 1.165) is 22.6 Å². The van der Waals surface area contributed by atoms with Gasteiger partial charge in [0.25, 0.3) is 0 Å². The molecule has 0 atom stereocenters. The maximum atomic E-state index is 5.91. The Bertz CT molecular complexity index is 552. The molecular weight excluding hydrogens is 214 g/mol. The first-order valence-electron chi connectivity index (χ1n) is 5.36. The van der Waals surface area contributed by atoms with E-state index in [2.05, 4.69) is 9.97 Å². The Morgan fingerprint density at radius 3 is 2.71 bits per heavy atom. The van der Waals surface area contributed by atoms with Crippen molar-refractivity contribution < 1.29 is 4.74 Å². The molecule has 0 radical (unpaired) electrons. The lowest BCUT2D eigenvalue weighted by Crippen LogP contribution is -2.00. The molecule has 17 heavy (non-hydrogen) atoms. The minimum absolute atomic E-state index is 0.555. The molecule has 0 saturated heterocycles. The van der Waals surface area contributed by atoms with E-state index in [1.54, 1.807) is 13.3 Å². The first kappa shape index (κ1) is 11.4. The van der Waals surface area contributed by atoms with E-state index in [9.17, 15) is 0 Å². The van der Waals surface area contributed by atoms with Crippen LogP contribution in [0, 0.1) is 13.8 Å². The normalized spacial score (nSPS) is 10.3. The van der Waals surface area contributed by atoms with Crippen LogP contribution in [0.2, 0.25) is 0 Å². The van der Waals surface area contributed by atoms with Crippen LogP contribution in [-0.4, -0.2) is 17.1 Å². The maximum absolute atomic E-state index is 5.91. The predicted octanol–water partition coefficient (Wildman–Crippen LogP) is 2.35. The van der Waals surface area contributed by atoms with E-state index in [-0.39, 0.29) is 0 Å². The fraction of sp³-hybridized carbons (Fsp3) is 0.231. The van der Waals surface area contributed by atoms with Crippen molar-refractivity contribution in [2.45, 2.75) is 13.8 Å². The minimum atomic E-state index is 0.555. The molecule has 0 spiro atoms. The third-order valence-corrected chi connectivity index (χ3v) is 2.61. The number of methoxy groups -OCH3 is 1. The number of aryl methyl sites for hydroxylation is 2. The molecular formula is C13H15N3O. The summed E-state index contributed by atoms with van der Waals surface area (Å²) in [6, 6.07) is 5.90. The third-order valence-electron chi connectivity index (χ3n) is 2.61. The van der Waals surface area contributed by atoms with Gasteiger partial charge in [-0.1, -0.05) is 12.1 Å². The van der Waals surface area contributed by atoms with Gasteiger partial charge in [0.05, 0.1) is 19.0 Å². The smallest absolute Gasteiger partial charge is 0.131 e. The molecule has 0 bridgehead atoms. The van der Waals surface area contributed by atoms with Crippen molar-refractivity contribution in [2.75, 3.05) is 12.8 Å². The van der Waals surface area contributed by atoms with Crippen molar-refractivity contribution in [3.8, 4) is 17.0 Å². The number of nitrogens with two attached hydrogens (primary N) is 1. The molecule has 2 aromatic rings. The summed E-state index contributed by atoms with van der Waals surface area (Å²) in [4.78, 5) is 8.44. The lowest BCUT2D eigenvalue weighted by molar-refractivity contribution is 0.413. The zero-order valence-electron chi connectivity index (χ0n) is 10.2. The molecule has 0 saturated carbocycles. The van der Waals surface area contributed by atoms with E-state index in [1.165, 1.54) is 0 Å². The maximum Gasteiger partial charge on any atom is 0.131 e. The van der Waals surface area contributed by atoms with Crippen LogP contribution in [0.4, 0.5) is 5.69 Å². The number of nitrogens with zero attached hydrogens (tertiary/aromatic N) is 2. The quantitative estimate of drug-likeness (QED) is 0.858. The van der Waals surface area contributed by atoms with Crippen molar-refractivity contribution in [1.82, 2.24) is 9.97 Å². The van der Waals surface area contributed by atoms with Crippen LogP contribution >= 0.6 is 0 Å². The summed E-state index contributed by atoms with van der Waals surface area (Å²) in [6.45, 7) is 3.83. The average molecular weight is 229 g/mol. The number of anilines is 1. The van der Waals surface area contributed by atoms with Gasteiger partial charge in [0.1, 0.15) is 17.3 Å². The summed E-state index contributed by atoms with van der Waals surface area (Å²) >= 11 is 0. The zero-order valence-corrected chi connectivity index (χ0v) is 10.2. The van der Waals surface area contributed by atoms with E-state index in [1.807, 2.05) is 32.0 Å². The molecule has 4 heteroatoms. The van der Waals surface area contributed by atoms with E-state index < -0.39 is 0 Å². The van der Waals surface area contributed by atoms with Gasteiger partial charge in [0.2, 0.25) is 0 Å². The summed E-state index contributed by atoms with van der Waals surface area (Å²) in [5.74, 6) is 1.50. The van der Waals surface area contributed by atoms with Gasteiger partial charge in [0.15, 0.2) is 0 Å². The highest BCUT2D eigenvalue weighted by Gasteiger charge is 2.12. The van der Waals surface area contributed by atoms with Crippen LogP contribution in [0.5, 0.6) is 5.75 Å². The third kappa shape index (κ3) is 2.06. The summed E-state index contributed by atoms with van der Waals surface area (Å²) in [5, 5.41) is 0. The zero-order chi connectivity index (χ0) is 12.4. The van der Waals surface area contributed by atoms with Crippen molar-refractivity contribution >= 4 is 5.69 Å². The number of ether oxygens (including phenoxy) is 1. The first-order valence-corrected chi connectivity index (χ1v) is 5.36. The van der Waals surface area contributed by atoms with Gasteiger partial charge in [-0.25, -0.2) is 9.97 Å². The second-order valence-corrected chi connectivity index (χ2v) is 3.88. The minimum Gasteiger partial charge on any atom is -0.496 e. The fourth-order valence-electron chi connectivity index (χ4n) is 1.80. The van der Waals surface area contributed by atoms with Crippen LogP contribution < -0.4 is 10.5 Å². The molecule has 0 amide bonds. The van der Waals surface area contributed by atoms with Crippen LogP contribution in [0.15, 0.2) is 24.4 Å². The van der Waals surface area contributed by atoms with Crippen LogP contribution in [0.3, 0.4) is 0 Å². The lowest BCUT2D eigenvalue weighted by Gasteiger charge is -2.12. The fourth-order valence-corrected chi connectivity index (χ4v) is 1.80. The van der Waals surface area contributed by atoms with E-state index in [4.69, 9.17) is 10.5 Å². The summed E-state index contributed by atoms with van der Waals surface area (Å²) < 4.78 is 5.41. The highest BCUT2D eigenvalue weighted by atomic mass is 16.5. The Labute approximate surface area is 100 Å². The van der Waals surface area contributed by atoms with Crippen LogP contribution in [0.25, 0.3) is 11.3 Å². The van der Waals surface area contributed by atoms with Crippen molar-refractivity contribution in [3.05, 3.63) is 35.8 Å². The molecule has 2 rings (SSSR count). The number of para-hydroxylation sites is 1. The molecule has 4 nitrogen and oxygen atoms in total. The van der Waals surface area contributed by atoms with Crippen molar-refractivity contribution in [2.24, 2.45) is 0 Å². The molecule has 1 aromatic heterocycles. The molecule has 0 aliphatic carbocycles. The van der Waals surface area contributed by atoms with Gasteiger partial charge in [-0.2, -0.15) is 0 Å². The Morgan fingerprint density at radius 1 is 1.24 bits per heavy atom. The van der Waals surface area contributed by atoms with Crippen molar-refractivity contribution in [3.63, 3.8) is 0 Å². The monoisotopic (exact) mass is 229 g/mol. The summed E-state index contributed by atoms with van der Waals surface area (Å²) in [5.41, 5.74) is 9.14. The molecule has 1 aromatic carbocycles. The lowest BCUT2D eigenvalue weighted by atomic mass is 10.1. The average Bonchev–Trinajstić information content (AvgIpc) is 2.32. The Kier molecular flexibility index (Phi) is 2.95. The second-order valence-electron chi connectivity index (χ2n) is 3.88. The molecule has 88 valence electrons. The molecule has 0 aliphatic rings. The van der Waals surface area contributed by atoms with Gasteiger partial charge in [-0.15, -0.1) is 0 Å². The number of rotatable bonds is 2. The van der Waals surface area contributed by atoms with Crippen LogP contribution in [-0.2, 0) is 0 Å². The molecule has 1 heterocycles. The second kappa shape index (κ2) is 4.41. The summed E-state index contributed by atoms with van der Waals surface area (Å²) in [6.07, 6.45) is 1.62. The van der Waals surface area contributed by atoms with Crippen molar-refractivity contribution in [1.29, 1.82) is 0 Å². The highest BCUT2D eigenvalue weighted by Crippen LogP contribution is 2.34. The highest BCUT2D eigenvalue weighted by molar-refractivity contribution is 5.77. The summed E-state index contributed by atoms with van der Waals surface area (Å²) in [7, 11) is 1.65. The van der Waals surface area contributed by atoms with Crippen LogP contribution in [0.1, 0.15) is 11.4 Å². The predicted molar refractivity (Wildman–Crippen MR) is 67.9 cm³/mol. The topological polar surface area (TPSA) is 61.0 Å². The Hall–Kier alpha value is -2.10. The van der Waals surface area contributed by atoms with E-state index >= 15 is 0 Å². The van der Waals surface area contributed by atoms with Gasteiger partial charge in [-0.3, -0.25) is 0 Å². The van der Waals surface area contributed by atoms with E-state index in [0.29, 0.717) is 11.5 Å². The molecule has 0 fully saturated rings. The Balaban J connectivity index is 2.68.